The zero-order valence-corrected chi connectivity index (χ0v) is 8.19. The van der Waals surface area contributed by atoms with Gasteiger partial charge in [0.15, 0.2) is 6.10 Å². The summed E-state index contributed by atoms with van der Waals surface area (Å²) in [6.45, 7) is -0.943. The molecule has 0 rings (SSSR count). The minimum absolute atomic E-state index is 0.943. The largest absolute Gasteiger partial charge is 0.527 e. The number of hydrogen-bond donors (Lipinski definition) is 6. The van der Waals surface area contributed by atoms with Crippen LogP contribution < -0.4 is 0 Å². The van der Waals surface area contributed by atoms with Gasteiger partial charge in [-0.25, -0.2) is 9.36 Å². The van der Waals surface area contributed by atoms with Gasteiger partial charge in [0, 0.05) is 0 Å². The highest BCUT2D eigenvalue weighted by atomic mass is 31.2. The average Bonchev–Trinajstić information content (AvgIpc) is 2.11. The molecule has 0 aliphatic rings. The molecule has 0 saturated carbocycles. The molecule has 90 valence electrons. The van der Waals surface area contributed by atoms with E-state index < -0.39 is 38.7 Å². The summed E-state index contributed by atoms with van der Waals surface area (Å²) in [5.41, 5.74) is 0. The Balaban J connectivity index is 4.38. The molecule has 0 aromatic rings. The fraction of sp³-hybridized carbons (Fsp3) is 0.800. The summed E-state index contributed by atoms with van der Waals surface area (Å²) in [7, 11) is -5.12. The Morgan fingerprint density at radius 3 is 2.07 bits per heavy atom. The summed E-state index contributed by atoms with van der Waals surface area (Å²) < 4.78 is 13.6. The smallest absolute Gasteiger partial charge is 0.394 e. The van der Waals surface area contributed by atoms with E-state index >= 15 is 0 Å². The van der Waals surface area contributed by atoms with Gasteiger partial charge in [-0.3, -0.25) is 9.79 Å². The van der Waals surface area contributed by atoms with Gasteiger partial charge in [-0.2, -0.15) is 0 Å². The zero-order chi connectivity index (χ0) is 12.2. The van der Waals surface area contributed by atoms with Gasteiger partial charge in [-0.15, -0.1) is 0 Å². The molecule has 0 fully saturated rings. The first kappa shape index (κ1) is 14.5. The van der Waals surface area contributed by atoms with Crippen LogP contribution in [0.1, 0.15) is 0 Å². The van der Waals surface area contributed by atoms with Crippen LogP contribution in [0.25, 0.3) is 0 Å². The van der Waals surface area contributed by atoms with E-state index in [1.165, 1.54) is 0 Å². The van der Waals surface area contributed by atoms with E-state index in [0.717, 1.165) is 0 Å². The van der Waals surface area contributed by atoms with Crippen LogP contribution in [0.2, 0.25) is 0 Å². The van der Waals surface area contributed by atoms with E-state index in [1.807, 2.05) is 0 Å². The van der Waals surface area contributed by atoms with Gasteiger partial charge in [-0.05, 0) is 0 Å². The van der Waals surface area contributed by atoms with Crippen molar-refractivity contribution >= 4 is 13.8 Å². The summed E-state index contributed by atoms with van der Waals surface area (Å²) in [4.78, 5) is 27.1. The Morgan fingerprint density at radius 2 is 1.73 bits per heavy atom. The van der Waals surface area contributed by atoms with E-state index in [4.69, 9.17) is 30.2 Å². The molecule has 0 saturated heterocycles. The zero-order valence-electron chi connectivity index (χ0n) is 7.29. The summed E-state index contributed by atoms with van der Waals surface area (Å²) in [5, 5.41) is 35.0. The van der Waals surface area contributed by atoms with Crippen molar-refractivity contribution in [2.24, 2.45) is 0 Å². The van der Waals surface area contributed by atoms with Crippen molar-refractivity contribution in [3.05, 3.63) is 0 Å². The van der Waals surface area contributed by atoms with E-state index in [-0.39, 0.29) is 0 Å². The van der Waals surface area contributed by atoms with Gasteiger partial charge in [0.25, 0.3) is 0 Å². The lowest BCUT2D eigenvalue weighted by Gasteiger charge is -2.19. The van der Waals surface area contributed by atoms with Gasteiger partial charge in [0.1, 0.15) is 12.2 Å². The minimum Gasteiger partial charge on any atom is -0.394 e. The number of carbonyl (C=O) groups is 1. The van der Waals surface area contributed by atoms with Crippen LogP contribution in [0.15, 0.2) is 0 Å². The number of aliphatic hydroxyl groups excluding tert-OH is 4. The molecule has 0 unspecified atom stereocenters. The van der Waals surface area contributed by atoms with E-state index in [1.54, 1.807) is 0 Å². The second-order valence-electron chi connectivity index (χ2n) is 2.59. The van der Waals surface area contributed by atoms with E-state index in [2.05, 4.69) is 4.52 Å². The molecule has 9 nitrogen and oxygen atoms in total. The Hall–Kier alpha value is -0.540. The molecule has 0 aliphatic heterocycles. The van der Waals surface area contributed by atoms with Crippen LogP contribution in [0, 0.1) is 0 Å². The topological polar surface area (TPSA) is 165 Å². The molecule has 0 aromatic carbocycles. The maximum absolute atomic E-state index is 10.7. The van der Waals surface area contributed by atoms with Crippen LogP contribution in [-0.2, 0) is 13.9 Å². The molecule has 10 heteroatoms. The second kappa shape index (κ2) is 5.52. The van der Waals surface area contributed by atoms with Crippen LogP contribution in [-0.4, -0.2) is 61.1 Å². The average molecular weight is 246 g/mol. The SMILES string of the molecule is O=C(OP(=O)(O)O)[C@H](O)[C@H](O)[C@H](O)CO. The Labute approximate surface area is 83.8 Å². The number of carbonyl (C=O) groups excluding carboxylic acids is 1. The van der Waals surface area contributed by atoms with Crippen LogP contribution in [0.3, 0.4) is 0 Å². The van der Waals surface area contributed by atoms with Gasteiger partial charge >= 0.3 is 13.8 Å². The number of hydrogen-bond acceptors (Lipinski definition) is 7. The first-order valence-corrected chi connectivity index (χ1v) is 5.16. The Bertz CT molecular complexity index is 259. The maximum atomic E-state index is 10.7. The predicted molar refractivity (Wildman–Crippen MR) is 43.2 cm³/mol. The summed E-state index contributed by atoms with van der Waals surface area (Å²) in [6, 6.07) is 0. The van der Waals surface area contributed by atoms with Gasteiger partial charge in [0.2, 0.25) is 0 Å². The van der Waals surface area contributed by atoms with Crippen molar-refractivity contribution in [1.82, 2.24) is 0 Å². The number of phosphoric ester groups is 1. The molecule has 0 amide bonds. The molecule has 15 heavy (non-hydrogen) atoms. The monoisotopic (exact) mass is 246 g/mol. The lowest BCUT2D eigenvalue weighted by atomic mass is 10.1. The number of phosphoric acid groups is 1. The van der Waals surface area contributed by atoms with Crippen molar-refractivity contribution in [3.63, 3.8) is 0 Å². The van der Waals surface area contributed by atoms with Crippen LogP contribution in [0.4, 0.5) is 0 Å². The first-order valence-electron chi connectivity index (χ1n) is 3.63. The fourth-order valence-corrected chi connectivity index (χ4v) is 0.971. The third kappa shape index (κ3) is 5.19. The molecule has 3 atom stereocenters. The summed E-state index contributed by atoms with van der Waals surface area (Å²) in [6.07, 6.45) is -6.29. The standard InChI is InChI=1S/C5H11O9P/c6-1-2(7)3(8)4(9)5(10)14-15(11,12)13/h2-4,6-9H,1H2,(H2,11,12,13)/t2-,3-,4-/m1/s1. The highest BCUT2D eigenvalue weighted by molar-refractivity contribution is 7.46. The third-order valence-electron chi connectivity index (χ3n) is 1.36. The summed E-state index contributed by atoms with van der Waals surface area (Å²) in [5.74, 6) is -1.80. The molecule has 0 bridgehead atoms. The van der Waals surface area contributed by atoms with Crippen molar-refractivity contribution in [1.29, 1.82) is 0 Å². The van der Waals surface area contributed by atoms with Crippen molar-refractivity contribution < 1.29 is 44.1 Å². The maximum Gasteiger partial charge on any atom is 0.527 e. The van der Waals surface area contributed by atoms with E-state index in [0.29, 0.717) is 0 Å². The normalized spacial score (nSPS) is 18.0. The predicted octanol–water partition coefficient (Wildman–Crippen LogP) is -3.30. The lowest BCUT2D eigenvalue weighted by Crippen LogP contribution is -2.44. The molecular weight excluding hydrogens is 235 g/mol. The molecular formula is C5H11O9P. The van der Waals surface area contributed by atoms with Gasteiger partial charge in [-0.1, -0.05) is 0 Å². The van der Waals surface area contributed by atoms with Crippen molar-refractivity contribution in [2.75, 3.05) is 6.61 Å². The highest BCUT2D eigenvalue weighted by Crippen LogP contribution is 2.36. The molecule has 0 spiro atoms. The van der Waals surface area contributed by atoms with Crippen LogP contribution in [0.5, 0.6) is 0 Å². The lowest BCUT2D eigenvalue weighted by molar-refractivity contribution is -0.157. The molecule has 0 aromatic heterocycles. The summed E-state index contributed by atoms with van der Waals surface area (Å²) >= 11 is 0. The van der Waals surface area contributed by atoms with Crippen molar-refractivity contribution in [3.8, 4) is 0 Å². The van der Waals surface area contributed by atoms with Gasteiger partial charge < -0.3 is 24.9 Å². The Kier molecular flexibility index (Phi) is 5.32. The van der Waals surface area contributed by atoms with Crippen molar-refractivity contribution in [2.45, 2.75) is 18.3 Å². The fourth-order valence-electron chi connectivity index (χ4n) is 0.629. The Morgan fingerprint density at radius 1 is 1.27 bits per heavy atom. The second-order valence-corrected chi connectivity index (χ2v) is 3.75. The first-order chi connectivity index (χ1) is 6.69. The number of aliphatic hydroxyl groups is 4. The number of rotatable bonds is 5. The molecule has 6 N–H and O–H groups in total. The molecule has 0 heterocycles. The van der Waals surface area contributed by atoms with Crippen LogP contribution >= 0.6 is 7.82 Å². The van der Waals surface area contributed by atoms with Gasteiger partial charge in [0.05, 0.1) is 6.61 Å². The molecule has 0 radical (unpaired) electrons. The van der Waals surface area contributed by atoms with E-state index in [9.17, 15) is 9.36 Å². The molecule has 0 aliphatic carbocycles. The minimum atomic E-state index is -5.12. The highest BCUT2D eigenvalue weighted by Gasteiger charge is 2.34. The third-order valence-corrected chi connectivity index (χ3v) is 1.77. The quantitative estimate of drug-likeness (QED) is 0.272.